The Kier molecular flexibility index (Phi) is 52.8. The first-order valence-corrected chi connectivity index (χ1v) is 4.51. The van der Waals surface area contributed by atoms with Gasteiger partial charge in [0.25, 0.3) is 0 Å². The lowest BCUT2D eigenvalue weighted by atomic mass is 10.1. The van der Waals surface area contributed by atoms with Crippen molar-refractivity contribution in [2.45, 2.75) is 46.0 Å². The number of halogens is 2. The van der Waals surface area contributed by atoms with E-state index < -0.39 is 0 Å². The van der Waals surface area contributed by atoms with E-state index in [1.807, 2.05) is 0 Å². The number of allylic oxidation sites excluding steroid dienone is 2. The van der Waals surface area contributed by atoms with Crippen LogP contribution in [0.25, 0.3) is 0 Å². The number of aliphatic hydroxyl groups is 1. The van der Waals surface area contributed by atoms with Crippen LogP contribution in [0.3, 0.4) is 0 Å². The lowest BCUT2D eigenvalue weighted by Crippen LogP contribution is -1.77. The van der Waals surface area contributed by atoms with Crippen LogP contribution in [0.4, 0.5) is 4.70 Å². The summed E-state index contributed by atoms with van der Waals surface area (Å²) in [6.07, 6.45) is 11.2. The van der Waals surface area contributed by atoms with Crippen LogP contribution in [0.2, 0.25) is 0 Å². The van der Waals surface area contributed by atoms with Gasteiger partial charge >= 0.3 is 0 Å². The quantitative estimate of drug-likeness (QED) is 0.531. The van der Waals surface area contributed by atoms with Gasteiger partial charge in [0.1, 0.15) is 0 Å². The van der Waals surface area contributed by atoms with E-state index in [9.17, 15) is 0 Å². The van der Waals surface area contributed by atoms with E-state index in [1.165, 1.54) is 32.1 Å². The monoisotopic (exact) mass is 306 g/mol. The predicted octanol–water partition coefficient (Wildman–Crippen LogP) is 3.91. The van der Waals surface area contributed by atoms with Gasteiger partial charge in [0.15, 0.2) is 0 Å². The van der Waals surface area contributed by atoms with Crippen LogP contribution in [0.5, 0.6) is 0 Å². The van der Waals surface area contributed by atoms with Gasteiger partial charge in [-0.15, -0.1) is 24.0 Å². The third kappa shape index (κ3) is 32.8. The largest absolute Gasteiger partial charge is 0.400 e. The van der Waals surface area contributed by atoms with E-state index in [0.717, 1.165) is 7.11 Å². The molecule has 1 aliphatic rings. The minimum Gasteiger partial charge on any atom is -0.400 e. The Balaban J connectivity index is -0.0000000517. The van der Waals surface area contributed by atoms with E-state index in [-0.39, 0.29) is 28.7 Å². The molecular formula is C10H24FIO. The van der Waals surface area contributed by atoms with Gasteiger partial charge in [0.05, 0.1) is 0 Å². The fourth-order valence-electron chi connectivity index (χ4n) is 0.760. The molecule has 1 rings (SSSR count). The van der Waals surface area contributed by atoms with Crippen LogP contribution in [-0.2, 0) is 0 Å². The summed E-state index contributed by atoms with van der Waals surface area (Å²) in [5.74, 6) is 0. The first-order chi connectivity index (χ1) is 5.41. The normalized spacial score (nSPS) is 11.7. The smallest absolute Gasteiger partial charge is 0.0319 e. The predicted molar refractivity (Wildman–Crippen MR) is 69.6 cm³/mol. The molecule has 0 atom stereocenters. The van der Waals surface area contributed by atoms with E-state index in [1.54, 1.807) is 0 Å². The molecule has 1 aliphatic carbocycles. The van der Waals surface area contributed by atoms with Gasteiger partial charge in [-0.05, 0) is 25.7 Å². The Morgan fingerprint density at radius 1 is 1.00 bits per heavy atom. The maximum absolute atomic E-state index is 7.00. The highest BCUT2D eigenvalue weighted by Gasteiger charge is 1.87. The van der Waals surface area contributed by atoms with Crippen LogP contribution < -0.4 is 0 Å². The van der Waals surface area contributed by atoms with Gasteiger partial charge in [-0.3, -0.25) is 4.70 Å². The molecule has 1 N–H and O–H groups in total. The van der Waals surface area contributed by atoms with Gasteiger partial charge in [-0.2, -0.15) is 0 Å². The minimum absolute atomic E-state index is 0. The van der Waals surface area contributed by atoms with Crippen molar-refractivity contribution in [2.24, 2.45) is 0 Å². The molecule has 0 aromatic rings. The molecule has 0 radical (unpaired) electrons. The summed E-state index contributed by atoms with van der Waals surface area (Å²) in [5, 5.41) is 7.00. The maximum atomic E-state index is 7.00. The van der Waals surface area contributed by atoms with Crippen molar-refractivity contribution < 1.29 is 9.81 Å². The molecule has 0 saturated carbocycles. The molecule has 0 aromatic heterocycles. The van der Waals surface area contributed by atoms with Crippen molar-refractivity contribution in [1.82, 2.24) is 0 Å². The Bertz CT molecular complexity index is 69.3. The standard InChI is InChI=1S/C6H10.C3H8.CH4O.FH.HI/c1-2-4-6-5-3-1;1-3-2;1-2;;/h1-2H,3-6H2;3H2,1-2H3;2H,1H3;2*1H. The molecule has 0 aromatic carbocycles. The summed E-state index contributed by atoms with van der Waals surface area (Å²) < 4.78 is 0. The van der Waals surface area contributed by atoms with Crippen molar-refractivity contribution in [3.63, 3.8) is 0 Å². The molecule has 3 heteroatoms. The second-order valence-electron chi connectivity index (χ2n) is 2.46. The summed E-state index contributed by atoms with van der Waals surface area (Å²) >= 11 is 0. The zero-order chi connectivity index (χ0) is 8.95. The number of aliphatic hydroxyl groups excluding tert-OH is 1. The molecule has 0 heterocycles. The minimum atomic E-state index is 0. The van der Waals surface area contributed by atoms with Crippen molar-refractivity contribution in [3.05, 3.63) is 12.2 Å². The number of rotatable bonds is 0. The molecule has 0 fully saturated rings. The molecule has 0 unspecified atom stereocenters. The van der Waals surface area contributed by atoms with Crippen LogP contribution in [0.1, 0.15) is 46.0 Å². The first-order valence-electron chi connectivity index (χ1n) is 4.51. The molecule has 13 heavy (non-hydrogen) atoms. The van der Waals surface area contributed by atoms with Gasteiger partial charge in [-0.25, -0.2) is 0 Å². The highest BCUT2D eigenvalue weighted by molar-refractivity contribution is 14.0. The molecule has 84 valence electrons. The van der Waals surface area contributed by atoms with E-state index >= 15 is 0 Å². The van der Waals surface area contributed by atoms with Crippen LogP contribution in [-0.4, -0.2) is 12.2 Å². The summed E-state index contributed by atoms with van der Waals surface area (Å²) in [5.41, 5.74) is 0. The molecule has 1 nitrogen and oxygen atoms in total. The van der Waals surface area contributed by atoms with Crippen molar-refractivity contribution in [1.29, 1.82) is 0 Å². The van der Waals surface area contributed by atoms with Crippen LogP contribution >= 0.6 is 24.0 Å². The Labute approximate surface area is 99.0 Å². The fourth-order valence-corrected chi connectivity index (χ4v) is 0.760. The second-order valence-corrected chi connectivity index (χ2v) is 2.46. The van der Waals surface area contributed by atoms with Crippen molar-refractivity contribution >= 4 is 24.0 Å². The molecule has 0 saturated heterocycles. The summed E-state index contributed by atoms with van der Waals surface area (Å²) in [7, 11) is 1.00. The number of hydrogen-bond donors (Lipinski definition) is 1. The third-order valence-corrected chi connectivity index (χ3v) is 1.16. The van der Waals surface area contributed by atoms with Gasteiger partial charge < -0.3 is 5.11 Å². The van der Waals surface area contributed by atoms with Crippen LogP contribution in [0, 0.1) is 0 Å². The Hall–Kier alpha value is 0.360. The fraction of sp³-hybridized carbons (Fsp3) is 0.800. The highest BCUT2D eigenvalue weighted by atomic mass is 127. The SMILES string of the molecule is C1=CCCCC1.CCC.CO.F.I. The van der Waals surface area contributed by atoms with Crippen molar-refractivity contribution in [3.8, 4) is 0 Å². The van der Waals surface area contributed by atoms with Gasteiger partial charge in [0.2, 0.25) is 0 Å². The summed E-state index contributed by atoms with van der Waals surface area (Å²) in [4.78, 5) is 0. The average Bonchev–Trinajstić information content (AvgIpc) is 2.12. The molecular weight excluding hydrogens is 282 g/mol. The van der Waals surface area contributed by atoms with E-state index in [4.69, 9.17) is 5.11 Å². The lowest BCUT2D eigenvalue weighted by Gasteiger charge is -1.97. The molecule has 0 spiro atoms. The zero-order valence-electron chi connectivity index (χ0n) is 8.95. The maximum Gasteiger partial charge on any atom is 0.0319 e. The first kappa shape index (κ1) is 23.3. The summed E-state index contributed by atoms with van der Waals surface area (Å²) in [6, 6.07) is 0. The van der Waals surface area contributed by atoms with Crippen LogP contribution in [0.15, 0.2) is 12.2 Å². The summed E-state index contributed by atoms with van der Waals surface area (Å²) in [6.45, 7) is 4.25. The Morgan fingerprint density at radius 2 is 1.23 bits per heavy atom. The van der Waals surface area contributed by atoms with Crippen molar-refractivity contribution in [2.75, 3.05) is 7.11 Å². The average molecular weight is 306 g/mol. The molecule has 0 amide bonds. The molecule has 0 aliphatic heterocycles. The third-order valence-electron chi connectivity index (χ3n) is 1.16. The second kappa shape index (κ2) is 29.4. The van der Waals surface area contributed by atoms with E-state index in [2.05, 4.69) is 26.0 Å². The Morgan fingerprint density at radius 3 is 1.31 bits per heavy atom. The zero-order valence-corrected chi connectivity index (χ0v) is 11.3. The highest BCUT2D eigenvalue weighted by Crippen LogP contribution is 2.07. The number of hydrogen-bond acceptors (Lipinski definition) is 1. The lowest BCUT2D eigenvalue weighted by molar-refractivity contribution is 0.399. The molecule has 0 bridgehead atoms. The van der Waals surface area contributed by atoms with E-state index in [0.29, 0.717) is 0 Å². The van der Waals surface area contributed by atoms with Gasteiger partial charge in [-0.1, -0.05) is 32.4 Å². The topological polar surface area (TPSA) is 20.2 Å². The van der Waals surface area contributed by atoms with Gasteiger partial charge in [0, 0.05) is 7.11 Å².